The van der Waals surface area contributed by atoms with Crippen LogP contribution in [0.5, 0.6) is 5.75 Å². The Morgan fingerprint density at radius 3 is 2.33 bits per heavy atom. The maximum Gasteiger partial charge on any atom is 0.211 e. The second kappa shape index (κ2) is 7.98. The summed E-state index contributed by atoms with van der Waals surface area (Å²) in [7, 11) is -1.46. The van der Waals surface area contributed by atoms with Crippen LogP contribution in [-0.4, -0.2) is 43.5 Å². The van der Waals surface area contributed by atoms with Gasteiger partial charge in [0.2, 0.25) is 10.0 Å². The fourth-order valence-corrected chi connectivity index (χ4v) is 4.95. The number of phenolic OH excluding ortho intramolecular Hbond substituents is 1. The highest BCUT2D eigenvalue weighted by atomic mass is 32.2. The summed E-state index contributed by atoms with van der Waals surface area (Å²) < 4.78 is 25.1. The molecule has 0 amide bonds. The summed E-state index contributed by atoms with van der Waals surface area (Å²) in [4.78, 5) is 11.3. The molecular formula is C21H27NO4S. The summed E-state index contributed by atoms with van der Waals surface area (Å²) in [6.45, 7) is 0. The second-order valence-corrected chi connectivity index (χ2v) is 9.63. The van der Waals surface area contributed by atoms with Crippen molar-refractivity contribution in [3.05, 3.63) is 41.5 Å². The lowest BCUT2D eigenvalue weighted by molar-refractivity contribution is 0.112. The van der Waals surface area contributed by atoms with E-state index in [0.29, 0.717) is 17.8 Å². The van der Waals surface area contributed by atoms with Crippen molar-refractivity contribution in [1.82, 2.24) is 4.31 Å². The molecule has 5 nitrogen and oxygen atoms in total. The number of hydrogen-bond donors (Lipinski definition) is 1. The first kappa shape index (κ1) is 19.8. The van der Waals surface area contributed by atoms with E-state index in [2.05, 4.69) is 12.1 Å². The van der Waals surface area contributed by atoms with Gasteiger partial charge in [-0.2, -0.15) is 0 Å². The summed E-state index contributed by atoms with van der Waals surface area (Å²) in [6, 6.07) is 9.61. The van der Waals surface area contributed by atoms with Crippen molar-refractivity contribution in [2.75, 3.05) is 13.3 Å². The van der Waals surface area contributed by atoms with E-state index >= 15 is 0 Å². The Hall–Kier alpha value is -1.92. The van der Waals surface area contributed by atoms with Gasteiger partial charge in [-0.15, -0.1) is 0 Å². The van der Waals surface area contributed by atoms with Crippen LogP contribution < -0.4 is 0 Å². The number of benzene rings is 2. The summed E-state index contributed by atoms with van der Waals surface area (Å²) in [5, 5.41) is 11.6. The van der Waals surface area contributed by atoms with E-state index in [0.717, 1.165) is 49.3 Å². The lowest BCUT2D eigenvalue weighted by Gasteiger charge is -2.30. The van der Waals surface area contributed by atoms with Crippen molar-refractivity contribution in [2.45, 2.75) is 50.5 Å². The van der Waals surface area contributed by atoms with Crippen molar-refractivity contribution < 1.29 is 18.3 Å². The Balaban J connectivity index is 1.76. The molecule has 3 rings (SSSR count). The van der Waals surface area contributed by atoms with Gasteiger partial charge in [-0.1, -0.05) is 37.1 Å². The molecule has 0 unspecified atom stereocenters. The molecule has 1 fully saturated rings. The number of carbonyl (C=O) groups is 1. The molecule has 0 spiro atoms. The molecule has 1 N–H and O–H groups in total. The molecule has 27 heavy (non-hydrogen) atoms. The van der Waals surface area contributed by atoms with Gasteiger partial charge in [-0.05, 0) is 54.0 Å². The van der Waals surface area contributed by atoms with Crippen LogP contribution in [0.2, 0.25) is 0 Å². The number of nitrogens with zero attached hydrogens (tertiary/aromatic N) is 1. The Morgan fingerprint density at radius 1 is 1.07 bits per heavy atom. The Bertz CT molecular complexity index is 929. The highest BCUT2D eigenvalue weighted by Crippen LogP contribution is 2.35. The Kier molecular flexibility index (Phi) is 5.86. The van der Waals surface area contributed by atoms with E-state index < -0.39 is 10.0 Å². The molecule has 0 radical (unpaired) electrons. The molecule has 2 aromatic carbocycles. The van der Waals surface area contributed by atoms with Gasteiger partial charge in [0.1, 0.15) is 5.75 Å². The van der Waals surface area contributed by atoms with E-state index in [1.807, 2.05) is 12.1 Å². The van der Waals surface area contributed by atoms with E-state index in [1.54, 1.807) is 13.1 Å². The number of carbonyl (C=O) groups excluding carboxylic acids is 1. The van der Waals surface area contributed by atoms with E-state index in [-0.39, 0.29) is 11.8 Å². The molecule has 0 heterocycles. The van der Waals surface area contributed by atoms with Gasteiger partial charge in [0, 0.05) is 13.1 Å². The minimum Gasteiger partial charge on any atom is -0.507 e. The van der Waals surface area contributed by atoms with Crippen LogP contribution in [0.4, 0.5) is 0 Å². The zero-order chi connectivity index (χ0) is 19.6. The number of fused-ring (bicyclic) bond motifs is 1. The molecule has 146 valence electrons. The van der Waals surface area contributed by atoms with E-state index in [4.69, 9.17) is 0 Å². The average Bonchev–Trinajstić information content (AvgIpc) is 2.60. The van der Waals surface area contributed by atoms with Gasteiger partial charge < -0.3 is 5.11 Å². The molecule has 0 aliphatic heterocycles. The molecule has 2 aromatic rings. The predicted octanol–water partition coefficient (Wildman–Crippen LogP) is 4.06. The fraction of sp³-hybridized carbons (Fsp3) is 0.476. The maximum absolute atomic E-state index is 11.8. The maximum atomic E-state index is 11.8. The van der Waals surface area contributed by atoms with Crippen molar-refractivity contribution >= 4 is 27.1 Å². The molecule has 0 aromatic heterocycles. The van der Waals surface area contributed by atoms with Gasteiger partial charge in [0.25, 0.3) is 0 Å². The molecule has 0 bridgehead atoms. The lowest BCUT2D eigenvalue weighted by Crippen LogP contribution is -2.36. The summed E-state index contributed by atoms with van der Waals surface area (Å²) in [5.41, 5.74) is 1.59. The van der Waals surface area contributed by atoms with Crippen LogP contribution in [-0.2, 0) is 10.0 Å². The van der Waals surface area contributed by atoms with Crippen LogP contribution in [0.25, 0.3) is 10.8 Å². The van der Waals surface area contributed by atoms with Gasteiger partial charge in [0.15, 0.2) is 6.29 Å². The number of rotatable bonds is 4. The third-order valence-corrected chi connectivity index (χ3v) is 7.21. The highest BCUT2D eigenvalue weighted by molar-refractivity contribution is 7.88. The zero-order valence-electron chi connectivity index (χ0n) is 15.9. The monoisotopic (exact) mass is 389 g/mol. The number of hydrogen-bond acceptors (Lipinski definition) is 4. The first-order valence-corrected chi connectivity index (χ1v) is 11.3. The second-order valence-electron chi connectivity index (χ2n) is 7.59. The largest absolute Gasteiger partial charge is 0.507 e. The minimum absolute atomic E-state index is 0.0113. The van der Waals surface area contributed by atoms with Crippen molar-refractivity contribution in [3.63, 3.8) is 0 Å². The van der Waals surface area contributed by atoms with Crippen molar-refractivity contribution in [3.8, 4) is 5.75 Å². The van der Waals surface area contributed by atoms with E-state index in [1.165, 1.54) is 16.1 Å². The van der Waals surface area contributed by atoms with Crippen LogP contribution in [0, 0.1) is 0 Å². The van der Waals surface area contributed by atoms with Crippen molar-refractivity contribution in [2.24, 2.45) is 0 Å². The molecule has 0 saturated heterocycles. The predicted molar refractivity (Wildman–Crippen MR) is 108 cm³/mol. The van der Waals surface area contributed by atoms with Crippen LogP contribution in [0.15, 0.2) is 30.3 Å². The molecule has 0 atom stereocenters. The number of aromatic hydroxyl groups is 1. The smallest absolute Gasteiger partial charge is 0.211 e. The average molecular weight is 390 g/mol. The first-order chi connectivity index (χ1) is 12.8. The fourth-order valence-electron chi connectivity index (χ4n) is 4.19. The molecule has 1 saturated carbocycles. The number of aldehydes is 1. The molecule has 6 heteroatoms. The SMILES string of the molecule is CN(C1CCCC(c2ccc3c(C=O)c(O)ccc3c2)CCC1)S(C)(=O)=O. The number of sulfonamides is 1. The van der Waals surface area contributed by atoms with Gasteiger partial charge >= 0.3 is 0 Å². The standard InChI is InChI=1S/C21H27NO4S/c1-22(27(2,25)26)18-7-3-5-15(6-4-8-18)16-9-11-19-17(13-16)10-12-21(24)20(19)14-23/h9-15,18,24H,3-8H2,1-2H3. The molecule has 1 aliphatic carbocycles. The molecule has 1 aliphatic rings. The molecular weight excluding hydrogens is 362 g/mol. The third-order valence-electron chi connectivity index (χ3n) is 5.87. The Morgan fingerprint density at radius 2 is 1.74 bits per heavy atom. The van der Waals surface area contributed by atoms with Crippen LogP contribution in [0.3, 0.4) is 0 Å². The normalized spacial score (nSPS) is 21.7. The number of phenols is 1. The summed E-state index contributed by atoms with van der Waals surface area (Å²) in [5.74, 6) is 0.449. The van der Waals surface area contributed by atoms with Crippen LogP contribution >= 0.6 is 0 Å². The topological polar surface area (TPSA) is 74.7 Å². The summed E-state index contributed by atoms with van der Waals surface area (Å²) in [6.07, 6.45) is 7.77. The van der Waals surface area contributed by atoms with Gasteiger partial charge in [-0.3, -0.25) is 4.79 Å². The van der Waals surface area contributed by atoms with Crippen LogP contribution in [0.1, 0.15) is 60.4 Å². The lowest BCUT2D eigenvalue weighted by atomic mass is 9.84. The third kappa shape index (κ3) is 4.33. The zero-order valence-corrected chi connectivity index (χ0v) is 16.7. The Labute approximate surface area is 161 Å². The van der Waals surface area contributed by atoms with Crippen molar-refractivity contribution in [1.29, 1.82) is 0 Å². The van der Waals surface area contributed by atoms with E-state index in [9.17, 15) is 18.3 Å². The van der Waals surface area contributed by atoms with Gasteiger partial charge in [0.05, 0.1) is 11.8 Å². The minimum atomic E-state index is -3.15. The van der Waals surface area contributed by atoms with Gasteiger partial charge in [-0.25, -0.2) is 12.7 Å². The highest BCUT2D eigenvalue weighted by Gasteiger charge is 2.25. The first-order valence-electron chi connectivity index (χ1n) is 9.45. The quantitative estimate of drug-likeness (QED) is 0.801. The summed E-state index contributed by atoms with van der Waals surface area (Å²) >= 11 is 0.